The Morgan fingerprint density at radius 3 is 2.70 bits per heavy atom. The number of rotatable bonds is 3. The summed E-state index contributed by atoms with van der Waals surface area (Å²) in [4.78, 5) is 9.26. The molecule has 0 aromatic rings. The van der Waals surface area contributed by atoms with Crippen LogP contribution in [0.15, 0.2) is 4.99 Å². The van der Waals surface area contributed by atoms with E-state index in [0.717, 1.165) is 57.8 Å². The molecule has 2 unspecified atom stereocenters. The number of aliphatic imine (C=N–C) groups is 1. The van der Waals surface area contributed by atoms with Gasteiger partial charge in [0.05, 0.1) is 19.8 Å². The third-order valence-electron chi connectivity index (χ3n) is 4.17. The van der Waals surface area contributed by atoms with E-state index in [9.17, 15) is 0 Å². The summed E-state index contributed by atoms with van der Waals surface area (Å²) in [5.41, 5.74) is 6.12. The first-order valence-corrected chi connectivity index (χ1v) is 7.53. The number of halogens is 1. The first kappa shape index (κ1) is 18.0. The van der Waals surface area contributed by atoms with Crippen molar-refractivity contribution in [3.05, 3.63) is 0 Å². The average Bonchev–Trinajstić information content (AvgIpc) is 2.45. The maximum absolute atomic E-state index is 6.12. The fraction of sp³-hybridized carbons (Fsp3) is 0.929. The van der Waals surface area contributed by atoms with E-state index in [1.165, 1.54) is 12.8 Å². The molecular weight excluding hydrogens is 367 g/mol. The lowest BCUT2D eigenvalue weighted by molar-refractivity contribution is 0.0220. The van der Waals surface area contributed by atoms with E-state index in [0.29, 0.717) is 6.04 Å². The van der Waals surface area contributed by atoms with Gasteiger partial charge in [-0.2, -0.15) is 0 Å². The van der Waals surface area contributed by atoms with Crippen LogP contribution in [0.25, 0.3) is 0 Å². The molecule has 0 spiro atoms. The van der Waals surface area contributed by atoms with Crippen LogP contribution in [0.3, 0.4) is 0 Å². The van der Waals surface area contributed by atoms with Crippen molar-refractivity contribution in [1.82, 2.24) is 9.80 Å². The van der Waals surface area contributed by atoms with Gasteiger partial charge < -0.3 is 15.4 Å². The van der Waals surface area contributed by atoms with Crippen molar-refractivity contribution < 1.29 is 4.74 Å². The van der Waals surface area contributed by atoms with Gasteiger partial charge in [-0.3, -0.25) is 9.89 Å². The predicted octanol–water partition coefficient (Wildman–Crippen LogP) is 1.37. The van der Waals surface area contributed by atoms with Crippen molar-refractivity contribution in [3.8, 4) is 0 Å². The minimum Gasteiger partial charge on any atom is -0.379 e. The molecule has 2 fully saturated rings. The molecule has 0 aliphatic carbocycles. The van der Waals surface area contributed by atoms with Gasteiger partial charge in [-0.25, -0.2) is 0 Å². The number of hydrogen-bond acceptors (Lipinski definition) is 3. The fourth-order valence-electron chi connectivity index (χ4n) is 2.86. The monoisotopic (exact) mass is 396 g/mol. The first-order chi connectivity index (χ1) is 9.16. The van der Waals surface area contributed by atoms with Crippen LogP contribution in [0.5, 0.6) is 0 Å². The van der Waals surface area contributed by atoms with Gasteiger partial charge in [0.25, 0.3) is 0 Å². The molecule has 0 aromatic carbocycles. The molecule has 2 N–H and O–H groups in total. The SMILES string of the molecule is CC1CCCN(C(N)=NCC(C)N2CCOCC2)C1.I. The van der Waals surface area contributed by atoms with Crippen LogP contribution < -0.4 is 5.73 Å². The zero-order valence-corrected chi connectivity index (χ0v) is 15.1. The van der Waals surface area contributed by atoms with Crippen LogP contribution in [-0.4, -0.2) is 67.7 Å². The number of likely N-dealkylation sites (tertiary alicyclic amines) is 1. The number of hydrogen-bond donors (Lipinski definition) is 1. The summed E-state index contributed by atoms with van der Waals surface area (Å²) in [6.45, 7) is 11.1. The van der Waals surface area contributed by atoms with Gasteiger partial charge in [0, 0.05) is 32.2 Å². The Bertz CT molecular complexity index is 308. The normalized spacial score (nSPS) is 27.0. The highest BCUT2D eigenvalue weighted by Crippen LogP contribution is 2.15. The Hall–Kier alpha value is -0.0800. The summed E-state index contributed by atoms with van der Waals surface area (Å²) in [6, 6.07) is 0.449. The second-order valence-corrected chi connectivity index (χ2v) is 5.89. The molecule has 118 valence electrons. The van der Waals surface area contributed by atoms with E-state index in [4.69, 9.17) is 10.5 Å². The van der Waals surface area contributed by atoms with Crippen LogP contribution in [-0.2, 0) is 4.74 Å². The molecule has 2 aliphatic heterocycles. The molecule has 2 heterocycles. The lowest BCUT2D eigenvalue weighted by Crippen LogP contribution is -2.46. The summed E-state index contributed by atoms with van der Waals surface area (Å²) in [5, 5.41) is 0. The lowest BCUT2D eigenvalue weighted by atomic mass is 10.0. The Balaban J connectivity index is 0.00000200. The molecule has 6 heteroatoms. The topological polar surface area (TPSA) is 54.1 Å². The Labute approximate surface area is 139 Å². The number of nitrogens with two attached hydrogens (primary N) is 1. The van der Waals surface area contributed by atoms with E-state index in [1.54, 1.807) is 0 Å². The molecule has 2 rings (SSSR count). The van der Waals surface area contributed by atoms with Crippen molar-refractivity contribution in [2.45, 2.75) is 32.7 Å². The highest BCUT2D eigenvalue weighted by Gasteiger charge is 2.19. The van der Waals surface area contributed by atoms with Gasteiger partial charge >= 0.3 is 0 Å². The molecule has 0 radical (unpaired) electrons. The summed E-state index contributed by atoms with van der Waals surface area (Å²) in [7, 11) is 0. The molecule has 0 bridgehead atoms. The second kappa shape index (κ2) is 9.04. The summed E-state index contributed by atoms with van der Waals surface area (Å²) < 4.78 is 5.37. The summed E-state index contributed by atoms with van der Waals surface area (Å²) in [6.07, 6.45) is 2.55. The molecule has 20 heavy (non-hydrogen) atoms. The largest absolute Gasteiger partial charge is 0.379 e. The Kier molecular flexibility index (Phi) is 8.13. The van der Waals surface area contributed by atoms with Crippen molar-refractivity contribution in [2.24, 2.45) is 16.6 Å². The van der Waals surface area contributed by atoms with Crippen LogP contribution in [0.2, 0.25) is 0 Å². The molecule has 2 aliphatic rings. The van der Waals surface area contributed by atoms with E-state index >= 15 is 0 Å². The number of nitrogens with zero attached hydrogens (tertiary/aromatic N) is 3. The quantitative estimate of drug-likeness (QED) is 0.445. The maximum atomic E-state index is 6.12. The first-order valence-electron chi connectivity index (χ1n) is 7.53. The van der Waals surface area contributed by atoms with Crippen molar-refractivity contribution in [1.29, 1.82) is 0 Å². The van der Waals surface area contributed by atoms with Gasteiger partial charge in [-0.15, -0.1) is 24.0 Å². The van der Waals surface area contributed by atoms with E-state index in [1.807, 2.05) is 0 Å². The van der Waals surface area contributed by atoms with Gasteiger partial charge in [0.2, 0.25) is 0 Å². The minimum absolute atomic E-state index is 0. The Morgan fingerprint density at radius 1 is 1.35 bits per heavy atom. The summed E-state index contributed by atoms with van der Waals surface area (Å²) >= 11 is 0. The standard InChI is InChI=1S/C14H28N4O.HI/c1-12-4-3-5-18(11-12)14(15)16-10-13(2)17-6-8-19-9-7-17;/h12-13H,3-11H2,1-2H3,(H2,15,16);1H. The molecular formula is C14H29IN4O. The molecule has 0 aromatic heterocycles. The van der Waals surface area contributed by atoms with E-state index in [2.05, 4.69) is 28.6 Å². The molecule has 0 amide bonds. The fourth-order valence-corrected chi connectivity index (χ4v) is 2.86. The third kappa shape index (κ3) is 5.37. The Morgan fingerprint density at radius 2 is 2.05 bits per heavy atom. The molecule has 0 saturated carbocycles. The maximum Gasteiger partial charge on any atom is 0.191 e. The highest BCUT2D eigenvalue weighted by atomic mass is 127. The molecule has 2 atom stereocenters. The number of ether oxygens (including phenoxy) is 1. The van der Waals surface area contributed by atoms with E-state index < -0.39 is 0 Å². The predicted molar refractivity (Wildman–Crippen MR) is 93.7 cm³/mol. The summed E-state index contributed by atoms with van der Waals surface area (Å²) in [5.74, 6) is 1.46. The number of morpholine rings is 1. The zero-order chi connectivity index (χ0) is 13.7. The van der Waals surface area contributed by atoms with Crippen molar-refractivity contribution in [2.75, 3.05) is 45.9 Å². The van der Waals surface area contributed by atoms with Gasteiger partial charge in [-0.1, -0.05) is 6.92 Å². The van der Waals surface area contributed by atoms with Gasteiger partial charge in [-0.05, 0) is 25.7 Å². The van der Waals surface area contributed by atoms with Crippen molar-refractivity contribution in [3.63, 3.8) is 0 Å². The third-order valence-corrected chi connectivity index (χ3v) is 4.17. The second-order valence-electron chi connectivity index (χ2n) is 5.89. The molecule has 2 saturated heterocycles. The molecule has 5 nitrogen and oxygen atoms in total. The van der Waals surface area contributed by atoms with Crippen LogP contribution >= 0.6 is 24.0 Å². The van der Waals surface area contributed by atoms with Crippen molar-refractivity contribution >= 4 is 29.9 Å². The van der Waals surface area contributed by atoms with Gasteiger partial charge in [0.15, 0.2) is 5.96 Å². The average molecular weight is 396 g/mol. The lowest BCUT2D eigenvalue weighted by Gasteiger charge is -2.33. The van der Waals surface area contributed by atoms with Crippen LogP contribution in [0.1, 0.15) is 26.7 Å². The van der Waals surface area contributed by atoms with Crippen LogP contribution in [0, 0.1) is 5.92 Å². The zero-order valence-electron chi connectivity index (χ0n) is 12.8. The smallest absolute Gasteiger partial charge is 0.191 e. The minimum atomic E-state index is 0. The van der Waals surface area contributed by atoms with E-state index in [-0.39, 0.29) is 24.0 Å². The number of piperidine rings is 1. The van der Waals surface area contributed by atoms with Gasteiger partial charge in [0.1, 0.15) is 0 Å². The number of guanidine groups is 1. The highest BCUT2D eigenvalue weighted by molar-refractivity contribution is 14.0. The van der Waals surface area contributed by atoms with Crippen LogP contribution in [0.4, 0.5) is 0 Å².